The summed E-state index contributed by atoms with van der Waals surface area (Å²) in [7, 11) is 0. The van der Waals surface area contributed by atoms with Gasteiger partial charge < -0.3 is 4.74 Å². The molecule has 3 heteroatoms. The molecule has 1 aliphatic carbocycles. The molecule has 0 aliphatic heterocycles. The lowest BCUT2D eigenvalue weighted by Crippen LogP contribution is -2.01. The van der Waals surface area contributed by atoms with E-state index >= 15 is 0 Å². The van der Waals surface area contributed by atoms with Gasteiger partial charge in [0.15, 0.2) is 6.29 Å². The van der Waals surface area contributed by atoms with E-state index in [-0.39, 0.29) is 5.82 Å². The molecule has 0 unspecified atom stereocenters. The van der Waals surface area contributed by atoms with Crippen molar-refractivity contribution in [2.24, 2.45) is 0 Å². The number of halogens is 1. The monoisotopic (exact) mass is 298 g/mol. The molecule has 0 bridgehead atoms. The van der Waals surface area contributed by atoms with Gasteiger partial charge in [-0.05, 0) is 66.1 Å². The number of rotatable bonds is 6. The fourth-order valence-corrected chi connectivity index (χ4v) is 2.65. The molecule has 1 aliphatic rings. The van der Waals surface area contributed by atoms with Crippen molar-refractivity contribution in [1.82, 2.24) is 0 Å². The first-order chi connectivity index (χ1) is 10.7. The van der Waals surface area contributed by atoms with Gasteiger partial charge in [-0.3, -0.25) is 4.79 Å². The molecule has 114 valence electrons. The average Bonchev–Trinajstić information content (AvgIpc) is 3.37. The lowest BCUT2D eigenvalue weighted by molar-refractivity contribution is 0.111. The van der Waals surface area contributed by atoms with Gasteiger partial charge in [0.1, 0.15) is 11.6 Å². The van der Waals surface area contributed by atoms with Crippen LogP contribution in [0.25, 0.3) is 11.1 Å². The Kier molecular flexibility index (Phi) is 4.23. The third-order valence-corrected chi connectivity index (χ3v) is 3.94. The average molecular weight is 298 g/mol. The van der Waals surface area contributed by atoms with Gasteiger partial charge >= 0.3 is 0 Å². The number of benzene rings is 2. The van der Waals surface area contributed by atoms with E-state index in [1.54, 1.807) is 12.1 Å². The minimum Gasteiger partial charge on any atom is -0.493 e. The Morgan fingerprint density at radius 3 is 2.55 bits per heavy atom. The summed E-state index contributed by atoms with van der Waals surface area (Å²) < 4.78 is 18.9. The van der Waals surface area contributed by atoms with Crippen LogP contribution < -0.4 is 4.74 Å². The van der Waals surface area contributed by atoms with Gasteiger partial charge in [-0.15, -0.1) is 0 Å². The SMILES string of the molecule is CCCOc1cc(-c2ccc(F)cc2)c(C2CC2)cc1C=O. The molecular weight excluding hydrogens is 279 g/mol. The minimum atomic E-state index is -0.247. The number of carbonyl (C=O) groups is 1. The maximum absolute atomic E-state index is 13.2. The molecule has 0 N–H and O–H groups in total. The van der Waals surface area contributed by atoms with E-state index in [1.807, 2.05) is 19.1 Å². The topological polar surface area (TPSA) is 26.3 Å². The quantitative estimate of drug-likeness (QED) is 0.704. The lowest BCUT2D eigenvalue weighted by atomic mass is 9.94. The second-order valence-corrected chi connectivity index (χ2v) is 5.72. The fourth-order valence-electron chi connectivity index (χ4n) is 2.65. The number of hydrogen-bond donors (Lipinski definition) is 0. The highest BCUT2D eigenvalue weighted by Gasteiger charge is 2.28. The summed E-state index contributed by atoms with van der Waals surface area (Å²) >= 11 is 0. The van der Waals surface area contributed by atoms with Crippen molar-refractivity contribution in [2.45, 2.75) is 32.1 Å². The molecule has 1 saturated carbocycles. The van der Waals surface area contributed by atoms with Crippen LogP contribution in [-0.4, -0.2) is 12.9 Å². The summed E-state index contributed by atoms with van der Waals surface area (Å²) in [6.07, 6.45) is 4.02. The van der Waals surface area contributed by atoms with Gasteiger partial charge in [0.05, 0.1) is 12.2 Å². The summed E-state index contributed by atoms with van der Waals surface area (Å²) in [6.45, 7) is 2.60. The first-order valence-electron chi connectivity index (χ1n) is 7.74. The van der Waals surface area contributed by atoms with Crippen molar-refractivity contribution >= 4 is 6.29 Å². The van der Waals surface area contributed by atoms with Gasteiger partial charge in [-0.1, -0.05) is 19.1 Å². The van der Waals surface area contributed by atoms with Crippen molar-refractivity contribution in [3.05, 3.63) is 53.3 Å². The van der Waals surface area contributed by atoms with Crippen molar-refractivity contribution in [2.75, 3.05) is 6.61 Å². The molecule has 1 fully saturated rings. The molecule has 3 rings (SSSR count). The van der Waals surface area contributed by atoms with Crippen LogP contribution >= 0.6 is 0 Å². The zero-order chi connectivity index (χ0) is 15.5. The normalized spacial score (nSPS) is 13.9. The van der Waals surface area contributed by atoms with Crippen LogP contribution in [-0.2, 0) is 0 Å². The summed E-state index contributed by atoms with van der Waals surface area (Å²) in [5.74, 6) is 0.864. The number of hydrogen-bond acceptors (Lipinski definition) is 2. The van der Waals surface area contributed by atoms with E-state index in [9.17, 15) is 9.18 Å². The van der Waals surface area contributed by atoms with Crippen molar-refractivity contribution in [3.63, 3.8) is 0 Å². The number of aldehydes is 1. The van der Waals surface area contributed by atoms with E-state index in [1.165, 1.54) is 12.1 Å². The first-order valence-corrected chi connectivity index (χ1v) is 7.74. The van der Waals surface area contributed by atoms with Crippen LogP contribution in [0.5, 0.6) is 5.75 Å². The highest BCUT2D eigenvalue weighted by molar-refractivity contribution is 5.84. The van der Waals surface area contributed by atoms with Gasteiger partial charge in [0, 0.05) is 0 Å². The minimum absolute atomic E-state index is 0.247. The van der Waals surface area contributed by atoms with Crippen molar-refractivity contribution in [1.29, 1.82) is 0 Å². The lowest BCUT2D eigenvalue weighted by Gasteiger charge is -2.15. The second-order valence-electron chi connectivity index (χ2n) is 5.72. The molecule has 0 saturated heterocycles. The molecule has 0 heterocycles. The molecule has 2 aromatic rings. The Labute approximate surface area is 129 Å². The zero-order valence-electron chi connectivity index (χ0n) is 12.6. The summed E-state index contributed by atoms with van der Waals surface area (Å²) in [4.78, 5) is 11.3. The first kappa shape index (κ1) is 14.8. The highest BCUT2D eigenvalue weighted by Crippen LogP contribution is 2.46. The van der Waals surface area contributed by atoms with Crippen molar-refractivity contribution in [3.8, 4) is 16.9 Å². The summed E-state index contributed by atoms with van der Waals surface area (Å²) in [5, 5.41) is 0. The van der Waals surface area contributed by atoms with Gasteiger partial charge in [-0.25, -0.2) is 4.39 Å². The highest BCUT2D eigenvalue weighted by atomic mass is 19.1. The number of ether oxygens (including phenoxy) is 1. The van der Waals surface area contributed by atoms with Crippen LogP contribution in [0.3, 0.4) is 0 Å². The Hall–Kier alpha value is -2.16. The molecule has 0 radical (unpaired) electrons. The standard InChI is InChI=1S/C19H19FO2/c1-2-9-22-19-11-18(14-5-7-16(20)8-6-14)17(13-3-4-13)10-15(19)12-21/h5-8,10-13H,2-4,9H2,1H3. The second kappa shape index (κ2) is 6.30. The van der Waals surface area contributed by atoms with Gasteiger partial charge in [0.2, 0.25) is 0 Å². The molecule has 2 aromatic carbocycles. The Balaban J connectivity index is 2.09. The van der Waals surface area contributed by atoms with Gasteiger partial charge in [-0.2, -0.15) is 0 Å². The van der Waals surface area contributed by atoms with Crippen LogP contribution in [0.2, 0.25) is 0 Å². The predicted molar refractivity (Wildman–Crippen MR) is 85.0 cm³/mol. The van der Waals surface area contributed by atoms with E-state index in [2.05, 4.69) is 0 Å². The van der Waals surface area contributed by atoms with Crippen LogP contribution in [0.1, 0.15) is 48.0 Å². The Morgan fingerprint density at radius 1 is 1.23 bits per heavy atom. The summed E-state index contributed by atoms with van der Waals surface area (Å²) in [6, 6.07) is 10.4. The molecule has 0 aromatic heterocycles. The van der Waals surface area contributed by atoms with E-state index in [0.717, 1.165) is 42.2 Å². The summed E-state index contributed by atoms with van der Waals surface area (Å²) in [5.41, 5.74) is 3.76. The van der Waals surface area contributed by atoms with Crippen LogP contribution in [0.15, 0.2) is 36.4 Å². The smallest absolute Gasteiger partial charge is 0.153 e. The largest absolute Gasteiger partial charge is 0.493 e. The van der Waals surface area contributed by atoms with Crippen molar-refractivity contribution < 1.29 is 13.9 Å². The van der Waals surface area contributed by atoms with Crippen LogP contribution in [0, 0.1) is 5.82 Å². The van der Waals surface area contributed by atoms with E-state index < -0.39 is 0 Å². The third-order valence-electron chi connectivity index (χ3n) is 3.94. The Bertz CT molecular complexity index is 673. The fraction of sp³-hybridized carbons (Fsp3) is 0.316. The molecular formula is C19H19FO2. The predicted octanol–water partition coefficient (Wildman–Crippen LogP) is 4.97. The maximum Gasteiger partial charge on any atom is 0.153 e. The van der Waals surface area contributed by atoms with E-state index in [0.29, 0.717) is 23.8 Å². The molecule has 0 amide bonds. The van der Waals surface area contributed by atoms with Crippen LogP contribution in [0.4, 0.5) is 4.39 Å². The Morgan fingerprint density at radius 2 is 1.95 bits per heavy atom. The number of carbonyl (C=O) groups excluding carboxylic acids is 1. The third kappa shape index (κ3) is 3.03. The molecule has 2 nitrogen and oxygen atoms in total. The molecule has 0 spiro atoms. The van der Waals surface area contributed by atoms with E-state index in [4.69, 9.17) is 4.74 Å². The molecule has 22 heavy (non-hydrogen) atoms. The van der Waals surface area contributed by atoms with Gasteiger partial charge in [0.25, 0.3) is 0 Å². The molecule has 0 atom stereocenters. The maximum atomic E-state index is 13.2. The zero-order valence-corrected chi connectivity index (χ0v) is 12.6.